The molecule has 0 aromatic heterocycles. The highest BCUT2D eigenvalue weighted by Gasteiger charge is 2.35. The molecule has 1 fully saturated rings. The topological polar surface area (TPSA) is 44.8 Å². The fraction of sp³-hybridized carbons (Fsp3) is 0.889. The number of aldehydes is 1. The van der Waals surface area contributed by atoms with Crippen molar-refractivity contribution in [3.63, 3.8) is 0 Å². The number of methoxy groups -OCH3 is 2. The van der Waals surface area contributed by atoms with E-state index in [1.165, 1.54) is 0 Å². The van der Waals surface area contributed by atoms with Crippen molar-refractivity contribution in [1.82, 2.24) is 0 Å². The summed E-state index contributed by atoms with van der Waals surface area (Å²) in [5.41, 5.74) is 0. The van der Waals surface area contributed by atoms with E-state index in [0.29, 0.717) is 0 Å². The van der Waals surface area contributed by atoms with Gasteiger partial charge in [-0.2, -0.15) is 0 Å². The molecule has 0 saturated carbocycles. The molecule has 0 aromatic rings. The molecule has 4 heteroatoms. The van der Waals surface area contributed by atoms with Crippen LogP contribution >= 0.6 is 0 Å². The van der Waals surface area contributed by atoms with Crippen molar-refractivity contribution in [3.05, 3.63) is 0 Å². The van der Waals surface area contributed by atoms with Gasteiger partial charge in [0.2, 0.25) is 0 Å². The Hall–Kier alpha value is -0.450. The number of hydrogen-bond donors (Lipinski definition) is 0. The average molecular weight is 188 g/mol. The summed E-state index contributed by atoms with van der Waals surface area (Å²) in [5, 5.41) is 0. The Bertz CT molecular complexity index is 171. The van der Waals surface area contributed by atoms with Gasteiger partial charge in [0.25, 0.3) is 0 Å². The molecule has 0 unspecified atom stereocenters. The quantitative estimate of drug-likeness (QED) is 0.608. The van der Waals surface area contributed by atoms with Gasteiger partial charge in [-0.1, -0.05) is 6.92 Å². The Balaban J connectivity index is 2.59. The third-order valence-electron chi connectivity index (χ3n) is 2.40. The van der Waals surface area contributed by atoms with Crippen molar-refractivity contribution in [3.8, 4) is 0 Å². The summed E-state index contributed by atoms with van der Waals surface area (Å²) in [6.45, 7) is 2.02. The van der Waals surface area contributed by atoms with E-state index in [1.54, 1.807) is 14.2 Å². The molecule has 0 N–H and O–H groups in total. The predicted octanol–water partition coefficient (Wildman–Crippen LogP) is 0.598. The van der Waals surface area contributed by atoms with Crippen molar-refractivity contribution in [2.24, 2.45) is 5.92 Å². The van der Waals surface area contributed by atoms with Gasteiger partial charge in [-0.15, -0.1) is 0 Å². The van der Waals surface area contributed by atoms with Crippen LogP contribution in [0.25, 0.3) is 0 Å². The normalized spacial score (nSPS) is 40.2. The molecule has 4 nitrogen and oxygen atoms in total. The highest BCUT2D eigenvalue weighted by atomic mass is 16.7. The molecular formula is C9H16O4. The average Bonchev–Trinajstić information content (AvgIpc) is 2.17. The van der Waals surface area contributed by atoms with Crippen LogP contribution < -0.4 is 0 Å². The number of ether oxygens (including phenoxy) is 3. The summed E-state index contributed by atoms with van der Waals surface area (Å²) < 4.78 is 15.6. The Labute approximate surface area is 78.2 Å². The minimum atomic E-state index is -0.494. The van der Waals surface area contributed by atoms with Gasteiger partial charge < -0.3 is 19.0 Å². The van der Waals surface area contributed by atoms with Crippen molar-refractivity contribution in [2.75, 3.05) is 14.2 Å². The smallest absolute Gasteiger partial charge is 0.160 e. The first-order valence-corrected chi connectivity index (χ1v) is 4.39. The molecular weight excluding hydrogens is 172 g/mol. The lowest BCUT2D eigenvalue weighted by Gasteiger charge is -2.36. The molecule has 13 heavy (non-hydrogen) atoms. The zero-order chi connectivity index (χ0) is 9.84. The summed E-state index contributed by atoms with van der Waals surface area (Å²) in [7, 11) is 3.17. The molecule has 1 heterocycles. The molecule has 1 aliphatic rings. The molecule has 1 rings (SSSR count). The molecule has 0 aliphatic carbocycles. The Morgan fingerprint density at radius 1 is 1.38 bits per heavy atom. The van der Waals surface area contributed by atoms with Gasteiger partial charge in [0.15, 0.2) is 12.6 Å². The number of carbonyl (C=O) groups excluding carboxylic acids is 1. The zero-order valence-electron chi connectivity index (χ0n) is 8.23. The minimum Gasteiger partial charge on any atom is -0.378 e. The Morgan fingerprint density at radius 2 is 2.08 bits per heavy atom. The van der Waals surface area contributed by atoms with Crippen LogP contribution in [0.3, 0.4) is 0 Å². The van der Waals surface area contributed by atoms with Gasteiger partial charge in [0, 0.05) is 20.1 Å². The predicted molar refractivity (Wildman–Crippen MR) is 46.3 cm³/mol. The van der Waals surface area contributed by atoms with Crippen molar-refractivity contribution < 1.29 is 19.0 Å². The van der Waals surface area contributed by atoms with Gasteiger partial charge in [0.05, 0.1) is 6.10 Å². The van der Waals surface area contributed by atoms with Crippen LogP contribution in [-0.4, -0.2) is 39.0 Å². The third kappa shape index (κ3) is 2.27. The van der Waals surface area contributed by atoms with Gasteiger partial charge in [0.1, 0.15) is 6.10 Å². The molecule has 0 bridgehead atoms. The van der Waals surface area contributed by atoms with E-state index >= 15 is 0 Å². The zero-order valence-corrected chi connectivity index (χ0v) is 8.23. The molecule has 0 amide bonds. The van der Waals surface area contributed by atoms with E-state index in [4.69, 9.17) is 14.2 Å². The summed E-state index contributed by atoms with van der Waals surface area (Å²) in [6.07, 6.45) is 0.636. The van der Waals surface area contributed by atoms with Crippen LogP contribution in [0.4, 0.5) is 0 Å². The molecule has 1 aliphatic heterocycles. The standard InChI is InChI=1S/C9H16O4/c1-6-4-7(11-2)8(5-10)13-9(6)12-3/h5-9H,4H2,1-3H3/t6-,7+,8-,9+/m1/s1. The summed E-state index contributed by atoms with van der Waals surface area (Å²) in [4.78, 5) is 10.6. The molecule has 76 valence electrons. The number of rotatable bonds is 3. The van der Waals surface area contributed by atoms with Gasteiger partial charge in [-0.25, -0.2) is 0 Å². The van der Waals surface area contributed by atoms with Crippen LogP contribution in [0.2, 0.25) is 0 Å². The minimum absolute atomic E-state index is 0.140. The molecule has 4 atom stereocenters. The Morgan fingerprint density at radius 3 is 2.54 bits per heavy atom. The summed E-state index contributed by atoms with van der Waals surface area (Å²) >= 11 is 0. The first-order valence-electron chi connectivity index (χ1n) is 4.39. The van der Waals surface area contributed by atoms with E-state index in [9.17, 15) is 4.79 Å². The second-order valence-electron chi connectivity index (χ2n) is 3.33. The Kier molecular flexibility index (Phi) is 3.84. The maximum atomic E-state index is 10.6. The van der Waals surface area contributed by atoms with E-state index in [2.05, 4.69) is 0 Å². The molecule has 0 radical (unpaired) electrons. The summed E-state index contributed by atoms with van der Waals surface area (Å²) in [6, 6.07) is 0. The van der Waals surface area contributed by atoms with Gasteiger partial charge in [-0.05, 0) is 6.42 Å². The second-order valence-corrected chi connectivity index (χ2v) is 3.33. The molecule has 1 saturated heterocycles. The van der Waals surface area contributed by atoms with Gasteiger partial charge >= 0.3 is 0 Å². The van der Waals surface area contributed by atoms with E-state index < -0.39 is 6.10 Å². The fourth-order valence-electron chi connectivity index (χ4n) is 1.63. The number of hydrogen-bond acceptors (Lipinski definition) is 4. The van der Waals surface area contributed by atoms with E-state index in [-0.39, 0.29) is 18.3 Å². The maximum Gasteiger partial charge on any atom is 0.160 e. The molecule has 0 spiro atoms. The maximum absolute atomic E-state index is 10.6. The highest BCUT2D eigenvalue weighted by Crippen LogP contribution is 2.26. The van der Waals surface area contributed by atoms with E-state index in [1.807, 2.05) is 6.92 Å². The first-order chi connectivity index (χ1) is 6.22. The highest BCUT2D eigenvalue weighted by molar-refractivity contribution is 5.57. The largest absolute Gasteiger partial charge is 0.378 e. The SMILES string of the molecule is CO[C@H]1O[C@H](C=O)[C@@H](OC)C[C@H]1C. The van der Waals surface area contributed by atoms with Crippen LogP contribution in [0.15, 0.2) is 0 Å². The van der Waals surface area contributed by atoms with Crippen LogP contribution in [0, 0.1) is 5.92 Å². The fourth-order valence-corrected chi connectivity index (χ4v) is 1.63. The second kappa shape index (κ2) is 4.69. The lowest BCUT2D eigenvalue weighted by Crippen LogP contribution is -2.45. The van der Waals surface area contributed by atoms with E-state index in [0.717, 1.165) is 12.7 Å². The lowest BCUT2D eigenvalue weighted by atomic mass is 9.96. The molecule has 0 aromatic carbocycles. The first kappa shape index (κ1) is 10.6. The lowest BCUT2D eigenvalue weighted by molar-refractivity contribution is -0.231. The van der Waals surface area contributed by atoms with Crippen molar-refractivity contribution in [1.29, 1.82) is 0 Å². The van der Waals surface area contributed by atoms with Crippen LogP contribution in [-0.2, 0) is 19.0 Å². The third-order valence-corrected chi connectivity index (χ3v) is 2.40. The summed E-state index contributed by atoms with van der Waals surface area (Å²) in [5.74, 6) is 0.256. The van der Waals surface area contributed by atoms with Crippen molar-refractivity contribution in [2.45, 2.75) is 31.8 Å². The van der Waals surface area contributed by atoms with Gasteiger partial charge in [-0.3, -0.25) is 0 Å². The van der Waals surface area contributed by atoms with Crippen LogP contribution in [0.5, 0.6) is 0 Å². The monoisotopic (exact) mass is 188 g/mol. The van der Waals surface area contributed by atoms with Crippen molar-refractivity contribution >= 4 is 6.29 Å². The van der Waals surface area contributed by atoms with Crippen LogP contribution in [0.1, 0.15) is 13.3 Å². The number of carbonyl (C=O) groups is 1.